The van der Waals surface area contributed by atoms with E-state index in [9.17, 15) is 4.79 Å². The molecule has 0 saturated heterocycles. The van der Waals surface area contributed by atoms with Crippen LogP contribution in [0.5, 0.6) is 0 Å². The molecule has 1 rings (SSSR count). The van der Waals surface area contributed by atoms with E-state index in [2.05, 4.69) is 57.3 Å². The van der Waals surface area contributed by atoms with Gasteiger partial charge in [-0.05, 0) is 28.9 Å². The van der Waals surface area contributed by atoms with Crippen LogP contribution in [0.3, 0.4) is 0 Å². The third-order valence-corrected chi connectivity index (χ3v) is 2.99. The standard InChI is InChI=1S/C15H23NO/c1-12(2)14-7-5-13(6-8-14)9-15(3,4)10-16-11-17/h5-8,11-12H,9-10H2,1-4H3,(H,16,17). The molecule has 0 saturated carbocycles. The molecule has 0 radical (unpaired) electrons. The van der Waals surface area contributed by atoms with E-state index in [4.69, 9.17) is 0 Å². The smallest absolute Gasteiger partial charge is 0.207 e. The Morgan fingerprint density at radius 3 is 2.29 bits per heavy atom. The second-order valence-electron chi connectivity index (χ2n) is 5.74. The highest BCUT2D eigenvalue weighted by atomic mass is 16.1. The predicted octanol–water partition coefficient (Wildman–Crippen LogP) is 3.12. The summed E-state index contributed by atoms with van der Waals surface area (Å²) in [5.74, 6) is 0.578. The van der Waals surface area contributed by atoms with Crippen molar-refractivity contribution in [1.82, 2.24) is 5.32 Å². The van der Waals surface area contributed by atoms with Crippen molar-refractivity contribution in [2.45, 2.75) is 40.0 Å². The van der Waals surface area contributed by atoms with Crippen LogP contribution in [0, 0.1) is 5.41 Å². The van der Waals surface area contributed by atoms with Gasteiger partial charge in [0.25, 0.3) is 0 Å². The monoisotopic (exact) mass is 233 g/mol. The Labute approximate surface area is 104 Å². The second-order valence-corrected chi connectivity index (χ2v) is 5.74. The van der Waals surface area contributed by atoms with Gasteiger partial charge in [0.2, 0.25) is 6.41 Å². The van der Waals surface area contributed by atoms with Crippen LogP contribution in [-0.2, 0) is 11.2 Å². The van der Waals surface area contributed by atoms with Crippen molar-refractivity contribution in [3.05, 3.63) is 35.4 Å². The molecule has 0 aliphatic rings. The summed E-state index contributed by atoms with van der Waals surface area (Å²) < 4.78 is 0. The van der Waals surface area contributed by atoms with E-state index in [0.717, 1.165) is 12.8 Å². The fraction of sp³-hybridized carbons (Fsp3) is 0.533. The lowest BCUT2D eigenvalue weighted by Gasteiger charge is -2.24. The molecule has 0 aliphatic carbocycles. The van der Waals surface area contributed by atoms with E-state index in [1.807, 2.05) is 0 Å². The minimum Gasteiger partial charge on any atom is -0.358 e. The molecule has 0 bridgehead atoms. The molecule has 1 aromatic carbocycles. The van der Waals surface area contributed by atoms with Gasteiger partial charge < -0.3 is 5.32 Å². The molecule has 0 spiro atoms. The summed E-state index contributed by atoms with van der Waals surface area (Å²) in [5.41, 5.74) is 2.80. The minimum absolute atomic E-state index is 0.0975. The van der Waals surface area contributed by atoms with E-state index >= 15 is 0 Å². The Morgan fingerprint density at radius 1 is 1.24 bits per heavy atom. The van der Waals surface area contributed by atoms with Gasteiger partial charge in [-0.3, -0.25) is 4.79 Å². The number of amides is 1. The Bertz CT molecular complexity index is 352. The van der Waals surface area contributed by atoms with Crippen molar-refractivity contribution in [2.75, 3.05) is 6.54 Å². The van der Waals surface area contributed by atoms with E-state index in [1.54, 1.807) is 0 Å². The number of hydrogen-bond donors (Lipinski definition) is 1. The zero-order chi connectivity index (χ0) is 12.9. The number of carbonyl (C=O) groups excluding carboxylic acids is 1. The van der Waals surface area contributed by atoms with Crippen molar-refractivity contribution in [3.63, 3.8) is 0 Å². The topological polar surface area (TPSA) is 29.1 Å². The van der Waals surface area contributed by atoms with Gasteiger partial charge in [-0.2, -0.15) is 0 Å². The highest BCUT2D eigenvalue weighted by molar-refractivity contribution is 5.46. The summed E-state index contributed by atoms with van der Waals surface area (Å²) in [5, 5.41) is 2.76. The van der Waals surface area contributed by atoms with Crippen LogP contribution in [0.1, 0.15) is 44.7 Å². The SMILES string of the molecule is CC(C)c1ccc(CC(C)(C)CNC=O)cc1. The van der Waals surface area contributed by atoms with Gasteiger partial charge in [-0.1, -0.05) is 52.0 Å². The van der Waals surface area contributed by atoms with E-state index < -0.39 is 0 Å². The molecule has 94 valence electrons. The first-order valence-corrected chi connectivity index (χ1v) is 6.20. The lowest BCUT2D eigenvalue weighted by atomic mass is 9.85. The van der Waals surface area contributed by atoms with Crippen LogP contribution >= 0.6 is 0 Å². The van der Waals surface area contributed by atoms with Gasteiger partial charge in [-0.15, -0.1) is 0 Å². The number of benzene rings is 1. The highest BCUT2D eigenvalue weighted by Crippen LogP contribution is 2.22. The van der Waals surface area contributed by atoms with Crippen molar-refractivity contribution in [1.29, 1.82) is 0 Å². The highest BCUT2D eigenvalue weighted by Gasteiger charge is 2.17. The molecule has 0 heterocycles. The molecule has 17 heavy (non-hydrogen) atoms. The summed E-state index contributed by atoms with van der Waals surface area (Å²) in [6, 6.07) is 8.78. The van der Waals surface area contributed by atoms with Gasteiger partial charge in [0.1, 0.15) is 0 Å². The Hall–Kier alpha value is -1.31. The summed E-state index contributed by atoms with van der Waals surface area (Å²) in [6.07, 6.45) is 1.75. The minimum atomic E-state index is 0.0975. The first kappa shape index (κ1) is 13.8. The molecule has 2 nitrogen and oxygen atoms in total. The molecule has 0 unspecified atom stereocenters. The average molecular weight is 233 g/mol. The largest absolute Gasteiger partial charge is 0.358 e. The molecule has 0 fully saturated rings. The quantitative estimate of drug-likeness (QED) is 0.751. The van der Waals surface area contributed by atoms with Crippen LogP contribution in [0.15, 0.2) is 24.3 Å². The summed E-state index contributed by atoms with van der Waals surface area (Å²) in [4.78, 5) is 10.3. The molecular weight excluding hydrogens is 210 g/mol. The van der Waals surface area contributed by atoms with Crippen molar-refractivity contribution < 1.29 is 4.79 Å². The van der Waals surface area contributed by atoms with E-state index in [-0.39, 0.29) is 5.41 Å². The molecular formula is C15H23NO. The van der Waals surface area contributed by atoms with E-state index in [0.29, 0.717) is 12.5 Å². The zero-order valence-corrected chi connectivity index (χ0v) is 11.3. The first-order valence-electron chi connectivity index (χ1n) is 6.20. The lowest BCUT2D eigenvalue weighted by Crippen LogP contribution is -2.30. The maximum Gasteiger partial charge on any atom is 0.207 e. The fourth-order valence-electron chi connectivity index (χ4n) is 1.95. The summed E-state index contributed by atoms with van der Waals surface area (Å²) >= 11 is 0. The van der Waals surface area contributed by atoms with Crippen molar-refractivity contribution in [3.8, 4) is 0 Å². The Kier molecular flexibility index (Phi) is 4.73. The predicted molar refractivity (Wildman–Crippen MR) is 72.1 cm³/mol. The Balaban J connectivity index is 2.65. The van der Waals surface area contributed by atoms with Crippen molar-refractivity contribution >= 4 is 6.41 Å². The van der Waals surface area contributed by atoms with Gasteiger partial charge in [0, 0.05) is 6.54 Å². The fourth-order valence-corrected chi connectivity index (χ4v) is 1.95. The van der Waals surface area contributed by atoms with Crippen LogP contribution in [0.2, 0.25) is 0 Å². The van der Waals surface area contributed by atoms with E-state index in [1.165, 1.54) is 11.1 Å². The average Bonchev–Trinajstić information content (AvgIpc) is 2.26. The molecule has 0 aliphatic heterocycles. The molecule has 1 aromatic rings. The third kappa shape index (κ3) is 4.59. The number of hydrogen-bond acceptors (Lipinski definition) is 1. The van der Waals surface area contributed by atoms with Crippen LogP contribution in [-0.4, -0.2) is 13.0 Å². The molecule has 1 N–H and O–H groups in total. The molecule has 0 aromatic heterocycles. The Morgan fingerprint density at radius 2 is 1.82 bits per heavy atom. The maximum atomic E-state index is 10.3. The lowest BCUT2D eigenvalue weighted by molar-refractivity contribution is -0.109. The van der Waals surface area contributed by atoms with Crippen molar-refractivity contribution in [2.24, 2.45) is 5.41 Å². The number of carbonyl (C=O) groups is 1. The normalized spacial score (nSPS) is 11.6. The van der Waals surface area contributed by atoms with Gasteiger partial charge >= 0.3 is 0 Å². The zero-order valence-electron chi connectivity index (χ0n) is 11.3. The summed E-state index contributed by atoms with van der Waals surface area (Å²) in [6.45, 7) is 9.45. The van der Waals surface area contributed by atoms with Gasteiger partial charge in [-0.25, -0.2) is 0 Å². The number of rotatable bonds is 6. The first-order chi connectivity index (χ1) is 7.94. The van der Waals surface area contributed by atoms with Crippen LogP contribution in [0.4, 0.5) is 0 Å². The van der Waals surface area contributed by atoms with Crippen LogP contribution in [0.25, 0.3) is 0 Å². The molecule has 0 atom stereocenters. The maximum absolute atomic E-state index is 10.3. The summed E-state index contributed by atoms with van der Waals surface area (Å²) in [7, 11) is 0. The molecule has 2 heteroatoms. The molecule has 1 amide bonds. The van der Waals surface area contributed by atoms with Gasteiger partial charge in [0.05, 0.1) is 0 Å². The number of nitrogens with one attached hydrogen (secondary N) is 1. The van der Waals surface area contributed by atoms with Gasteiger partial charge in [0.15, 0.2) is 0 Å². The third-order valence-electron chi connectivity index (χ3n) is 2.99. The van der Waals surface area contributed by atoms with Crippen LogP contribution < -0.4 is 5.32 Å². The second kappa shape index (κ2) is 5.85.